The van der Waals surface area contributed by atoms with Crippen LogP contribution in [0.15, 0.2) is 54.6 Å². The minimum atomic E-state index is -0.655. The second kappa shape index (κ2) is 11.3. The zero-order valence-corrected chi connectivity index (χ0v) is 16.4. The van der Waals surface area contributed by atoms with Gasteiger partial charge in [-0.25, -0.2) is 4.79 Å². The van der Waals surface area contributed by atoms with Crippen LogP contribution >= 0.6 is 0 Å². The Balaban J connectivity index is 1.71. The normalized spacial score (nSPS) is 10.4. The first kappa shape index (κ1) is 21.7. The standard InChI is InChI=1S/C22H24N2O5/c1-3-17-6-4-5-7-19(17)24-20(25)14-23-21(26)15-29-22(27)13-10-16-8-11-18(28-2)12-9-16/h4-13H,3,14-15H2,1-2H3,(H,23,26)(H,24,25)/b13-10+. The Morgan fingerprint density at radius 3 is 2.41 bits per heavy atom. The zero-order chi connectivity index (χ0) is 21.1. The van der Waals surface area contributed by atoms with E-state index in [1.54, 1.807) is 43.5 Å². The summed E-state index contributed by atoms with van der Waals surface area (Å²) in [5.41, 5.74) is 2.50. The second-order valence-corrected chi connectivity index (χ2v) is 6.05. The van der Waals surface area contributed by atoms with Crippen molar-refractivity contribution in [2.75, 3.05) is 25.6 Å². The number of esters is 1. The van der Waals surface area contributed by atoms with Gasteiger partial charge in [-0.3, -0.25) is 9.59 Å². The molecule has 7 heteroatoms. The summed E-state index contributed by atoms with van der Waals surface area (Å²) in [5, 5.41) is 5.16. The SMILES string of the molecule is CCc1ccccc1NC(=O)CNC(=O)COC(=O)/C=C/c1ccc(OC)cc1. The summed E-state index contributed by atoms with van der Waals surface area (Å²) in [6.45, 7) is 1.31. The predicted molar refractivity (Wildman–Crippen MR) is 110 cm³/mol. The first-order chi connectivity index (χ1) is 14.0. The Morgan fingerprint density at radius 2 is 1.72 bits per heavy atom. The molecule has 2 aromatic rings. The van der Waals surface area contributed by atoms with E-state index in [4.69, 9.17) is 9.47 Å². The number of amides is 2. The highest BCUT2D eigenvalue weighted by Crippen LogP contribution is 2.15. The number of hydrogen-bond donors (Lipinski definition) is 2. The lowest BCUT2D eigenvalue weighted by Crippen LogP contribution is -2.35. The smallest absolute Gasteiger partial charge is 0.331 e. The number of ether oxygens (including phenoxy) is 2. The summed E-state index contributed by atoms with van der Waals surface area (Å²) < 4.78 is 9.92. The van der Waals surface area contributed by atoms with E-state index in [0.717, 1.165) is 17.5 Å². The maximum atomic E-state index is 12.0. The van der Waals surface area contributed by atoms with Crippen molar-refractivity contribution in [1.29, 1.82) is 0 Å². The van der Waals surface area contributed by atoms with Gasteiger partial charge in [0.1, 0.15) is 5.75 Å². The molecule has 0 aliphatic carbocycles. The van der Waals surface area contributed by atoms with Crippen molar-refractivity contribution in [3.8, 4) is 5.75 Å². The number of rotatable bonds is 9. The molecule has 152 valence electrons. The number of aryl methyl sites for hydroxylation is 1. The van der Waals surface area contributed by atoms with Crippen molar-refractivity contribution < 1.29 is 23.9 Å². The van der Waals surface area contributed by atoms with Crippen LogP contribution in [0.2, 0.25) is 0 Å². The number of nitrogens with one attached hydrogen (secondary N) is 2. The number of anilines is 1. The third kappa shape index (κ3) is 7.50. The summed E-state index contributed by atoms with van der Waals surface area (Å²) in [6, 6.07) is 14.5. The molecule has 7 nitrogen and oxygen atoms in total. The molecule has 0 atom stereocenters. The molecule has 29 heavy (non-hydrogen) atoms. The van der Waals surface area contributed by atoms with Crippen LogP contribution in [0.1, 0.15) is 18.1 Å². The molecule has 0 unspecified atom stereocenters. The number of methoxy groups -OCH3 is 1. The number of carbonyl (C=O) groups excluding carboxylic acids is 3. The van der Waals surface area contributed by atoms with Gasteiger partial charge in [-0.1, -0.05) is 37.3 Å². The van der Waals surface area contributed by atoms with Gasteiger partial charge in [0.15, 0.2) is 6.61 Å². The van der Waals surface area contributed by atoms with Gasteiger partial charge in [-0.05, 0) is 41.8 Å². The average Bonchev–Trinajstić information content (AvgIpc) is 2.75. The molecule has 0 fully saturated rings. The maximum Gasteiger partial charge on any atom is 0.331 e. The van der Waals surface area contributed by atoms with Crippen LogP contribution in [0.25, 0.3) is 6.08 Å². The van der Waals surface area contributed by atoms with Crippen molar-refractivity contribution in [2.45, 2.75) is 13.3 Å². The molecule has 2 aromatic carbocycles. The van der Waals surface area contributed by atoms with Crippen molar-refractivity contribution in [2.24, 2.45) is 0 Å². The van der Waals surface area contributed by atoms with Crippen LogP contribution in [-0.2, 0) is 25.5 Å². The number of para-hydroxylation sites is 1. The van der Waals surface area contributed by atoms with E-state index >= 15 is 0 Å². The Hall–Kier alpha value is -3.61. The van der Waals surface area contributed by atoms with Gasteiger partial charge in [0.25, 0.3) is 5.91 Å². The van der Waals surface area contributed by atoms with Gasteiger partial charge in [0.05, 0.1) is 13.7 Å². The fraction of sp³-hybridized carbons (Fsp3) is 0.227. The van der Waals surface area contributed by atoms with E-state index < -0.39 is 18.5 Å². The molecule has 2 rings (SSSR count). The van der Waals surface area contributed by atoms with E-state index in [9.17, 15) is 14.4 Å². The third-order valence-corrected chi connectivity index (χ3v) is 3.99. The molecule has 0 saturated carbocycles. The van der Waals surface area contributed by atoms with E-state index in [0.29, 0.717) is 11.4 Å². The third-order valence-electron chi connectivity index (χ3n) is 3.99. The number of hydrogen-bond acceptors (Lipinski definition) is 5. The second-order valence-electron chi connectivity index (χ2n) is 6.05. The minimum absolute atomic E-state index is 0.212. The van der Waals surface area contributed by atoms with Crippen LogP contribution in [0, 0.1) is 0 Å². The van der Waals surface area contributed by atoms with Crippen molar-refractivity contribution in [3.05, 3.63) is 65.7 Å². The zero-order valence-electron chi connectivity index (χ0n) is 16.4. The van der Waals surface area contributed by atoms with Crippen molar-refractivity contribution in [3.63, 3.8) is 0 Å². The van der Waals surface area contributed by atoms with Crippen LogP contribution in [0.4, 0.5) is 5.69 Å². The molecule has 0 radical (unpaired) electrons. The summed E-state index contributed by atoms with van der Waals surface area (Å²) in [6.07, 6.45) is 3.57. The lowest BCUT2D eigenvalue weighted by molar-refractivity contribution is -0.143. The first-order valence-electron chi connectivity index (χ1n) is 9.15. The van der Waals surface area contributed by atoms with Gasteiger partial charge >= 0.3 is 5.97 Å². The highest BCUT2D eigenvalue weighted by Gasteiger charge is 2.09. The largest absolute Gasteiger partial charge is 0.497 e. The van der Waals surface area contributed by atoms with E-state index in [1.807, 2.05) is 25.1 Å². The van der Waals surface area contributed by atoms with Gasteiger partial charge in [0, 0.05) is 11.8 Å². The fourth-order valence-electron chi connectivity index (χ4n) is 2.44. The topological polar surface area (TPSA) is 93.7 Å². The van der Waals surface area contributed by atoms with Gasteiger partial charge in [-0.15, -0.1) is 0 Å². The fourth-order valence-corrected chi connectivity index (χ4v) is 2.44. The van der Waals surface area contributed by atoms with Crippen LogP contribution in [0.5, 0.6) is 5.75 Å². The Labute approximate surface area is 169 Å². The molecular formula is C22H24N2O5. The highest BCUT2D eigenvalue weighted by molar-refractivity contribution is 5.95. The summed E-state index contributed by atoms with van der Waals surface area (Å²) in [5.74, 6) is -0.860. The van der Waals surface area contributed by atoms with Crippen molar-refractivity contribution >= 4 is 29.5 Å². The lowest BCUT2D eigenvalue weighted by atomic mass is 10.1. The van der Waals surface area contributed by atoms with Crippen LogP contribution < -0.4 is 15.4 Å². The van der Waals surface area contributed by atoms with Crippen molar-refractivity contribution in [1.82, 2.24) is 5.32 Å². The lowest BCUT2D eigenvalue weighted by Gasteiger charge is -2.10. The quantitative estimate of drug-likeness (QED) is 0.502. The molecule has 2 amide bonds. The average molecular weight is 396 g/mol. The Bertz CT molecular complexity index is 875. The van der Waals surface area contributed by atoms with E-state index in [-0.39, 0.29) is 12.5 Å². The Kier molecular flexibility index (Phi) is 8.44. The van der Waals surface area contributed by atoms with Gasteiger partial charge in [-0.2, -0.15) is 0 Å². The number of carbonyl (C=O) groups is 3. The molecular weight excluding hydrogens is 372 g/mol. The highest BCUT2D eigenvalue weighted by atomic mass is 16.5. The molecule has 0 spiro atoms. The van der Waals surface area contributed by atoms with E-state index in [1.165, 1.54) is 6.08 Å². The first-order valence-corrected chi connectivity index (χ1v) is 9.15. The molecule has 0 aliphatic rings. The molecule has 0 heterocycles. The predicted octanol–water partition coefficient (Wildman–Crippen LogP) is 2.57. The van der Waals surface area contributed by atoms with Crippen LogP contribution in [0.3, 0.4) is 0 Å². The number of benzene rings is 2. The van der Waals surface area contributed by atoms with Crippen LogP contribution in [-0.4, -0.2) is 38.0 Å². The molecule has 0 saturated heterocycles. The summed E-state index contributed by atoms with van der Waals surface area (Å²) in [7, 11) is 1.57. The minimum Gasteiger partial charge on any atom is -0.497 e. The van der Waals surface area contributed by atoms with Gasteiger partial charge < -0.3 is 20.1 Å². The molecule has 0 bridgehead atoms. The summed E-state index contributed by atoms with van der Waals surface area (Å²) in [4.78, 5) is 35.4. The molecule has 2 N–H and O–H groups in total. The summed E-state index contributed by atoms with van der Waals surface area (Å²) >= 11 is 0. The monoisotopic (exact) mass is 396 g/mol. The van der Waals surface area contributed by atoms with Gasteiger partial charge in [0.2, 0.25) is 5.91 Å². The molecule has 0 aliphatic heterocycles. The van der Waals surface area contributed by atoms with E-state index in [2.05, 4.69) is 10.6 Å². The molecule has 0 aromatic heterocycles. The maximum absolute atomic E-state index is 12.0. The Morgan fingerprint density at radius 1 is 1.00 bits per heavy atom.